The molecule has 1 aromatic carbocycles. The van der Waals surface area contributed by atoms with Crippen LogP contribution in [0, 0.1) is 11.6 Å². The normalized spacial score (nSPS) is 10.8. The molecule has 0 saturated carbocycles. The highest BCUT2D eigenvalue weighted by atomic mass is 79.9. The molecule has 84 valence electrons. The Morgan fingerprint density at radius 1 is 1.31 bits per heavy atom. The number of hydrogen-bond acceptors (Lipinski definition) is 2. The number of nitrogens with two attached hydrogens (primary N) is 1. The molecule has 2 rings (SSSR count). The third-order valence-corrected chi connectivity index (χ3v) is 2.77. The molecule has 16 heavy (non-hydrogen) atoms. The van der Waals surface area contributed by atoms with E-state index in [4.69, 9.17) is 5.73 Å². The lowest BCUT2D eigenvalue weighted by Gasteiger charge is -2.00. The van der Waals surface area contributed by atoms with Gasteiger partial charge in [-0.1, -0.05) is 0 Å². The molecular weight excluding hydrogens is 280 g/mol. The Bertz CT molecular complexity index is 508. The van der Waals surface area contributed by atoms with Crippen LogP contribution >= 0.6 is 15.9 Å². The average molecular weight is 288 g/mol. The van der Waals surface area contributed by atoms with Gasteiger partial charge in [0.25, 0.3) is 0 Å². The van der Waals surface area contributed by atoms with Crippen LogP contribution < -0.4 is 5.73 Å². The number of anilines is 1. The summed E-state index contributed by atoms with van der Waals surface area (Å²) < 4.78 is 27.7. The van der Waals surface area contributed by atoms with Gasteiger partial charge in [0.1, 0.15) is 5.82 Å². The topological polar surface area (TPSA) is 43.8 Å². The highest BCUT2D eigenvalue weighted by Crippen LogP contribution is 2.27. The van der Waals surface area contributed by atoms with Gasteiger partial charge in [-0.2, -0.15) is 5.10 Å². The van der Waals surface area contributed by atoms with Crippen molar-refractivity contribution < 1.29 is 8.78 Å². The van der Waals surface area contributed by atoms with Gasteiger partial charge in [0.15, 0.2) is 11.6 Å². The summed E-state index contributed by atoms with van der Waals surface area (Å²) in [5, 5.41) is 4.07. The molecule has 0 amide bonds. The monoisotopic (exact) mass is 287 g/mol. The standard InChI is InChI=1S/C10H8BrF2N3/c1-16-9(14)4-8(15-16)5-2-6(11)10(13)7(12)3-5/h2-4H,14H2,1H3. The zero-order valence-corrected chi connectivity index (χ0v) is 9.92. The Labute approximate surface area is 99.0 Å². The van der Waals surface area contributed by atoms with Crippen molar-refractivity contribution in [2.24, 2.45) is 7.05 Å². The second-order valence-electron chi connectivity index (χ2n) is 3.33. The lowest BCUT2D eigenvalue weighted by Crippen LogP contribution is -1.96. The van der Waals surface area contributed by atoms with Crippen LogP contribution in [0.15, 0.2) is 22.7 Å². The van der Waals surface area contributed by atoms with Gasteiger partial charge in [0.2, 0.25) is 0 Å². The van der Waals surface area contributed by atoms with E-state index in [9.17, 15) is 8.78 Å². The smallest absolute Gasteiger partial charge is 0.173 e. The van der Waals surface area contributed by atoms with Crippen molar-refractivity contribution in [3.63, 3.8) is 0 Å². The molecule has 0 saturated heterocycles. The van der Waals surface area contributed by atoms with Gasteiger partial charge in [-0.3, -0.25) is 4.68 Å². The maximum atomic E-state index is 13.2. The summed E-state index contributed by atoms with van der Waals surface area (Å²) in [7, 11) is 1.67. The van der Waals surface area contributed by atoms with Crippen molar-refractivity contribution in [2.45, 2.75) is 0 Å². The van der Waals surface area contributed by atoms with E-state index in [0.717, 1.165) is 6.07 Å². The third-order valence-electron chi connectivity index (χ3n) is 2.20. The molecule has 0 aliphatic heterocycles. The maximum Gasteiger partial charge on any atom is 0.173 e. The molecule has 6 heteroatoms. The molecular formula is C10H8BrF2N3. The summed E-state index contributed by atoms with van der Waals surface area (Å²) in [4.78, 5) is 0. The van der Waals surface area contributed by atoms with Crippen LogP contribution in [0.25, 0.3) is 11.3 Å². The second-order valence-corrected chi connectivity index (χ2v) is 4.19. The fraction of sp³-hybridized carbons (Fsp3) is 0.100. The first kappa shape index (κ1) is 11.1. The molecule has 0 aliphatic carbocycles. The first-order valence-electron chi connectivity index (χ1n) is 4.43. The predicted molar refractivity (Wildman–Crippen MR) is 60.7 cm³/mol. The number of rotatable bonds is 1. The molecule has 2 N–H and O–H groups in total. The van der Waals surface area contributed by atoms with Crippen molar-refractivity contribution in [1.29, 1.82) is 0 Å². The highest BCUT2D eigenvalue weighted by Gasteiger charge is 2.12. The quantitative estimate of drug-likeness (QED) is 0.820. The van der Waals surface area contributed by atoms with Crippen LogP contribution in [0.5, 0.6) is 0 Å². The number of halogens is 3. The van der Waals surface area contributed by atoms with Crippen molar-refractivity contribution in [3.8, 4) is 11.3 Å². The SMILES string of the molecule is Cn1nc(-c2cc(F)c(F)c(Br)c2)cc1N. The summed E-state index contributed by atoms with van der Waals surface area (Å²) in [6.07, 6.45) is 0. The van der Waals surface area contributed by atoms with Crippen molar-refractivity contribution in [1.82, 2.24) is 9.78 Å². The molecule has 3 nitrogen and oxygen atoms in total. The molecule has 0 spiro atoms. The molecule has 0 radical (unpaired) electrons. The molecule has 0 aliphatic rings. The van der Waals surface area contributed by atoms with E-state index in [1.807, 2.05) is 0 Å². The van der Waals surface area contributed by atoms with Crippen molar-refractivity contribution in [2.75, 3.05) is 5.73 Å². The van der Waals surface area contributed by atoms with E-state index in [0.29, 0.717) is 17.1 Å². The number of nitrogens with zero attached hydrogens (tertiary/aromatic N) is 2. The van der Waals surface area contributed by atoms with E-state index >= 15 is 0 Å². The Morgan fingerprint density at radius 2 is 2.00 bits per heavy atom. The summed E-state index contributed by atoms with van der Waals surface area (Å²) in [5.41, 5.74) is 6.57. The Hall–Kier alpha value is -1.43. The van der Waals surface area contributed by atoms with Gasteiger partial charge in [-0.25, -0.2) is 8.78 Å². The number of hydrogen-bond donors (Lipinski definition) is 1. The Balaban J connectivity index is 2.56. The van der Waals surface area contributed by atoms with Gasteiger partial charge < -0.3 is 5.73 Å². The van der Waals surface area contributed by atoms with Crippen LogP contribution in [0.2, 0.25) is 0 Å². The molecule has 1 aromatic heterocycles. The largest absolute Gasteiger partial charge is 0.384 e. The number of benzene rings is 1. The Morgan fingerprint density at radius 3 is 2.50 bits per heavy atom. The summed E-state index contributed by atoms with van der Waals surface area (Å²) in [5.74, 6) is -1.38. The van der Waals surface area contributed by atoms with Gasteiger partial charge in [0, 0.05) is 18.7 Å². The van der Waals surface area contributed by atoms with Crippen molar-refractivity contribution >= 4 is 21.7 Å². The van der Waals surface area contributed by atoms with Gasteiger partial charge in [-0.05, 0) is 28.1 Å². The van der Waals surface area contributed by atoms with E-state index in [2.05, 4.69) is 21.0 Å². The maximum absolute atomic E-state index is 13.2. The molecule has 0 fully saturated rings. The van der Waals surface area contributed by atoms with E-state index < -0.39 is 11.6 Å². The number of aryl methyl sites for hydroxylation is 1. The highest BCUT2D eigenvalue weighted by molar-refractivity contribution is 9.10. The first-order valence-corrected chi connectivity index (χ1v) is 5.23. The van der Waals surface area contributed by atoms with Crippen LogP contribution in [0.3, 0.4) is 0 Å². The minimum atomic E-state index is -0.923. The number of aromatic nitrogens is 2. The van der Waals surface area contributed by atoms with Crippen LogP contribution in [-0.4, -0.2) is 9.78 Å². The summed E-state index contributed by atoms with van der Waals surface area (Å²) in [6.45, 7) is 0. The third kappa shape index (κ3) is 1.80. The fourth-order valence-electron chi connectivity index (χ4n) is 1.33. The van der Waals surface area contributed by atoms with Gasteiger partial charge >= 0.3 is 0 Å². The predicted octanol–water partition coefficient (Wildman–Crippen LogP) is 2.71. The van der Waals surface area contributed by atoms with E-state index in [1.54, 1.807) is 13.1 Å². The lowest BCUT2D eigenvalue weighted by molar-refractivity contribution is 0.504. The zero-order chi connectivity index (χ0) is 11.9. The molecule has 0 unspecified atom stereocenters. The average Bonchev–Trinajstić information content (AvgIpc) is 2.55. The minimum Gasteiger partial charge on any atom is -0.384 e. The summed E-state index contributed by atoms with van der Waals surface area (Å²) >= 11 is 2.94. The van der Waals surface area contributed by atoms with Crippen LogP contribution in [-0.2, 0) is 7.05 Å². The first-order chi connectivity index (χ1) is 7.49. The second kappa shape index (κ2) is 3.86. The van der Waals surface area contributed by atoms with Crippen molar-refractivity contribution in [3.05, 3.63) is 34.3 Å². The van der Waals surface area contributed by atoms with Crippen LogP contribution in [0.4, 0.5) is 14.6 Å². The van der Waals surface area contributed by atoms with Gasteiger partial charge in [-0.15, -0.1) is 0 Å². The molecule has 2 aromatic rings. The Kier molecular flexibility index (Phi) is 2.67. The molecule has 0 atom stereocenters. The summed E-state index contributed by atoms with van der Waals surface area (Å²) in [6, 6.07) is 4.14. The fourth-order valence-corrected chi connectivity index (χ4v) is 1.76. The minimum absolute atomic E-state index is 0.0618. The van der Waals surface area contributed by atoms with Crippen LogP contribution in [0.1, 0.15) is 0 Å². The zero-order valence-electron chi connectivity index (χ0n) is 8.34. The van der Waals surface area contributed by atoms with E-state index in [1.165, 1.54) is 10.7 Å². The lowest BCUT2D eigenvalue weighted by atomic mass is 10.1. The number of nitrogen functional groups attached to an aromatic ring is 1. The molecule has 0 bridgehead atoms. The van der Waals surface area contributed by atoms with E-state index in [-0.39, 0.29) is 4.47 Å². The molecule has 1 heterocycles. The van der Waals surface area contributed by atoms with Gasteiger partial charge in [0.05, 0.1) is 10.2 Å².